The van der Waals surface area contributed by atoms with E-state index in [2.05, 4.69) is 26.2 Å². The molecule has 0 radical (unpaired) electrons. The highest BCUT2D eigenvalue weighted by Crippen LogP contribution is 2.22. The molecule has 2 aromatic rings. The Kier molecular flexibility index (Phi) is 4.54. The summed E-state index contributed by atoms with van der Waals surface area (Å²) in [6.07, 6.45) is 1.42. The number of nitro groups is 1. The Bertz CT molecular complexity index is 737. The van der Waals surface area contributed by atoms with Gasteiger partial charge in [0.1, 0.15) is 5.15 Å². The zero-order chi connectivity index (χ0) is 15.6. The van der Waals surface area contributed by atoms with Crippen molar-refractivity contribution in [2.24, 2.45) is 0 Å². The number of aryl methyl sites for hydroxylation is 1. The lowest BCUT2D eigenvalue weighted by Gasteiger charge is -2.07. The fourth-order valence-electron chi connectivity index (χ4n) is 1.64. The first kappa shape index (κ1) is 15.4. The zero-order valence-corrected chi connectivity index (χ0v) is 13.1. The number of benzene rings is 1. The van der Waals surface area contributed by atoms with Crippen molar-refractivity contribution in [1.29, 1.82) is 0 Å². The number of rotatable bonds is 3. The van der Waals surface area contributed by atoms with Crippen molar-refractivity contribution in [2.75, 3.05) is 5.32 Å². The minimum absolute atomic E-state index is 0.167. The number of anilines is 1. The van der Waals surface area contributed by atoms with E-state index in [4.69, 9.17) is 11.6 Å². The average molecular weight is 371 g/mol. The lowest BCUT2D eigenvalue weighted by atomic mass is 10.2. The second kappa shape index (κ2) is 6.19. The third kappa shape index (κ3) is 3.77. The summed E-state index contributed by atoms with van der Waals surface area (Å²) in [5, 5.41) is 13.8. The zero-order valence-electron chi connectivity index (χ0n) is 10.8. The average Bonchev–Trinajstić information content (AvgIpc) is 2.42. The van der Waals surface area contributed by atoms with Crippen molar-refractivity contribution < 1.29 is 9.72 Å². The number of carbonyl (C=O) groups is 1. The van der Waals surface area contributed by atoms with Crippen LogP contribution in [0.1, 0.15) is 15.9 Å². The van der Waals surface area contributed by atoms with Gasteiger partial charge in [-0.05, 0) is 24.6 Å². The Morgan fingerprint density at radius 3 is 2.71 bits per heavy atom. The van der Waals surface area contributed by atoms with Gasteiger partial charge in [-0.15, -0.1) is 0 Å². The fraction of sp³-hybridized carbons (Fsp3) is 0.0769. The lowest BCUT2D eigenvalue weighted by Crippen LogP contribution is -2.12. The van der Waals surface area contributed by atoms with E-state index in [-0.39, 0.29) is 11.3 Å². The number of pyridine rings is 1. The highest BCUT2D eigenvalue weighted by Gasteiger charge is 2.14. The van der Waals surface area contributed by atoms with E-state index in [0.717, 1.165) is 5.56 Å². The Morgan fingerprint density at radius 1 is 1.38 bits per heavy atom. The number of hydrogen-bond donors (Lipinski definition) is 1. The largest absolute Gasteiger partial charge is 0.321 e. The molecular formula is C13H9BrClN3O3. The van der Waals surface area contributed by atoms with Crippen LogP contribution in [-0.2, 0) is 0 Å². The second-order valence-corrected chi connectivity index (χ2v) is 5.51. The van der Waals surface area contributed by atoms with Crippen molar-refractivity contribution in [1.82, 2.24) is 4.98 Å². The summed E-state index contributed by atoms with van der Waals surface area (Å²) in [6, 6.07) is 5.69. The maximum atomic E-state index is 12.1. The molecule has 0 fully saturated rings. The number of hydrogen-bond acceptors (Lipinski definition) is 4. The van der Waals surface area contributed by atoms with Gasteiger partial charge in [-0.1, -0.05) is 27.5 Å². The highest BCUT2D eigenvalue weighted by atomic mass is 79.9. The van der Waals surface area contributed by atoms with Crippen molar-refractivity contribution >= 4 is 44.8 Å². The number of non-ortho nitro benzene ring substituents is 1. The molecule has 1 amide bonds. The number of halogens is 2. The van der Waals surface area contributed by atoms with E-state index in [1.165, 1.54) is 24.4 Å². The number of carbonyl (C=O) groups excluding carboxylic acids is 1. The maximum Gasteiger partial charge on any atom is 0.271 e. The molecule has 0 saturated heterocycles. The summed E-state index contributed by atoms with van der Waals surface area (Å²) in [6.45, 7) is 1.76. The van der Waals surface area contributed by atoms with Gasteiger partial charge in [0.2, 0.25) is 0 Å². The standard InChI is InChI=1S/C13H9BrClN3O3/c1-7-2-10(6-16-12(7)15)17-13(19)8-3-9(14)5-11(4-8)18(20)21/h2-6H,1H3,(H,17,19). The van der Waals surface area contributed by atoms with Crippen LogP contribution in [0.25, 0.3) is 0 Å². The third-order valence-electron chi connectivity index (χ3n) is 2.63. The topological polar surface area (TPSA) is 85.1 Å². The van der Waals surface area contributed by atoms with Crippen LogP contribution in [0.15, 0.2) is 34.9 Å². The first-order chi connectivity index (χ1) is 9.86. The molecule has 1 N–H and O–H groups in total. The van der Waals surface area contributed by atoms with Crippen LogP contribution in [0.3, 0.4) is 0 Å². The van der Waals surface area contributed by atoms with Gasteiger partial charge in [-0.3, -0.25) is 14.9 Å². The number of aromatic nitrogens is 1. The Balaban J connectivity index is 2.27. The van der Waals surface area contributed by atoms with Gasteiger partial charge in [0.15, 0.2) is 0 Å². The molecule has 1 aromatic heterocycles. The molecule has 0 unspecified atom stereocenters. The normalized spacial score (nSPS) is 10.2. The molecule has 6 nitrogen and oxygen atoms in total. The molecule has 0 saturated carbocycles. The number of nitrogens with one attached hydrogen (secondary N) is 1. The SMILES string of the molecule is Cc1cc(NC(=O)c2cc(Br)cc([N+](=O)[O-])c2)cnc1Cl. The Hall–Kier alpha value is -1.99. The Morgan fingerprint density at radius 2 is 2.10 bits per heavy atom. The molecule has 0 aliphatic rings. The van der Waals surface area contributed by atoms with E-state index in [1.54, 1.807) is 13.0 Å². The molecule has 1 aromatic carbocycles. The van der Waals surface area contributed by atoms with E-state index < -0.39 is 10.8 Å². The summed E-state index contributed by atoms with van der Waals surface area (Å²) in [5.41, 5.74) is 1.18. The molecule has 108 valence electrons. The van der Waals surface area contributed by atoms with E-state index in [0.29, 0.717) is 15.3 Å². The van der Waals surface area contributed by atoms with E-state index >= 15 is 0 Å². The van der Waals surface area contributed by atoms with Crippen LogP contribution in [-0.4, -0.2) is 15.8 Å². The van der Waals surface area contributed by atoms with Gasteiger partial charge < -0.3 is 5.32 Å². The predicted molar refractivity (Wildman–Crippen MR) is 82.7 cm³/mol. The monoisotopic (exact) mass is 369 g/mol. The molecule has 0 aliphatic heterocycles. The lowest BCUT2D eigenvalue weighted by molar-refractivity contribution is -0.384. The summed E-state index contributed by atoms with van der Waals surface area (Å²) in [4.78, 5) is 26.3. The van der Waals surface area contributed by atoms with Gasteiger partial charge in [0, 0.05) is 22.2 Å². The van der Waals surface area contributed by atoms with Crippen molar-refractivity contribution in [3.8, 4) is 0 Å². The predicted octanol–water partition coefficient (Wildman–Crippen LogP) is 3.97. The third-order valence-corrected chi connectivity index (χ3v) is 3.48. The van der Waals surface area contributed by atoms with Crippen LogP contribution in [0.2, 0.25) is 5.15 Å². The van der Waals surface area contributed by atoms with Crippen molar-refractivity contribution in [3.63, 3.8) is 0 Å². The molecule has 0 bridgehead atoms. The molecular weight excluding hydrogens is 362 g/mol. The van der Waals surface area contributed by atoms with E-state index in [1.807, 2.05) is 0 Å². The Labute approximate surface area is 133 Å². The van der Waals surface area contributed by atoms with Crippen LogP contribution >= 0.6 is 27.5 Å². The molecule has 21 heavy (non-hydrogen) atoms. The first-order valence-electron chi connectivity index (χ1n) is 5.75. The van der Waals surface area contributed by atoms with Crippen LogP contribution in [0.5, 0.6) is 0 Å². The fourth-order valence-corrected chi connectivity index (χ4v) is 2.22. The van der Waals surface area contributed by atoms with Gasteiger partial charge in [0.05, 0.1) is 16.8 Å². The first-order valence-corrected chi connectivity index (χ1v) is 6.92. The maximum absolute atomic E-state index is 12.1. The molecule has 1 heterocycles. The van der Waals surface area contributed by atoms with Gasteiger partial charge in [-0.2, -0.15) is 0 Å². The van der Waals surface area contributed by atoms with Crippen LogP contribution in [0.4, 0.5) is 11.4 Å². The molecule has 0 aliphatic carbocycles. The van der Waals surface area contributed by atoms with Crippen LogP contribution in [0, 0.1) is 17.0 Å². The van der Waals surface area contributed by atoms with Gasteiger partial charge >= 0.3 is 0 Å². The number of nitro benzene ring substituents is 1. The summed E-state index contributed by atoms with van der Waals surface area (Å²) in [5.74, 6) is -0.470. The smallest absolute Gasteiger partial charge is 0.271 e. The quantitative estimate of drug-likeness (QED) is 0.503. The highest BCUT2D eigenvalue weighted by molar-refractivity contribution is 9.10. The molecule has 0 atom stereocenters. The molecule has 0 spiro atoms. The summed E-state index contributed by atoms with van der Waals surface area (Å²) >= 11 is 8.95. The van der Waals surface area contributed by atoms with Crippen molar-refractivity contribution in [3.05, 3.63) is 61.3 Å². The van der Waals surface area contributed by atoms with E-state index in [9.17, 15) is 14.9 Å². The molecule has 2 rings (SSSR count). The minimum Gasteiger partial charge on any atom is -0.321 e. The second-order valence-electron chi connectivity index (χ2n) is 4.24. The number of nitrogens with zero attached hydrogens (tertiary/aromatic N) is 2. The van der Waals surface area contributed by atoms with Crippen LogP contribution < -0.4 is 5.32 Å². The van der Waals surface area contributed by atoms with Gasteiger partial charge in [0.25, 0.3) is 11.6 Å². The minimum atomic E-state index is -0.560. The summed E-state index contributed by atoms with van der Waals surface area (Å²) < 4.78 is 0.451. The summed E-state index contributed by atoms with van der Waals surface area (Å²) in [7, 11) is 0. The number of amides is 1. The molecule has 8 heteroatoms. The van der Waals surface area contributed by atoms with Crippen molar-refractivity contribution in [2.45, 2.75) is 6.92 Å². The van der Waals surface area contributed by atoms with Gasteiger partial charge in [-0.25, -0.2) is 4.98 Å².